The van der Waals surface area contributed by atoms with Crippen LogP contribution in [0.5, 0.6) is 0 Å². The van der Waals surface area contributed by atoms with Crippen molar-refractivity contribution in [2.45, 2.75) is 31.3 Å². The number of nitrogens with one attached hydrogen (secondary N) is 3. The van der Waals surface area contributed by atoms with Crippen LogP contribution in [0.2, 0.25) is 0 Å². The molecule has 8 nitrogen and oxygen atoms in total. The first-order valence-electron chi connectivity index (χ1n) is 9.11. The van der Waals surface area contributed by atoms with Crippen LogP contribution in [0.1, 0.15) is 25.4 Å². The summed E-state index contributed by atoms with van der Waals surface area (Å²) < 4.78 is 32.4. The molecule has 1 unspecified atom stereocenters. The zero-order valence-electron chi connectivity index (χ0n) is 16.8. The first-order chi connectivity index (χ1) is 13.2. The highest BCUT2D eigenvalue weighted by molar-refractivity contribution is 14.0. The van der Waals surface area contributed by atoms with Crippen molar-refractivity contribution in [1.82, 2.24) is 15.4 Å². The highest BCUT2D eigenvalue weighted by atomic mass is 127. The Bertz CT molecular complexity index is 883. The van der Waals surface area contributed by atoms with E-state index in [-0.39, 0.29) is 42.0 Å². The van der Waals surface area contributed by atoms with Gasteiger partial charge in [0.05, 0.1) is 11.4 Å². The molecule has 29 heavy (non-hydrogen) atoms. The Balaban J connectivity index is 0.00000420. The van der Waals surface area contributed by atoms with E-state index in [1.54, 1.807) is 49.4 Å². The molecule has 1 atom stereocenters. The van der Waals surface area contributed by atoms with E-state index in [1.165, 1.54) is 0 Å². The van der Waals surface area contributed by atoms with Crippen LogP contribution < -0.4 is 15.4 Å². The zero-order chi connectivity index (χ0) is 20.6. The van der Waals surface area contributed by atoms with Crippen LogP contribution in [-0.4, -0.2) is 45.7 Å². The minimum atomic E-state index is -3.54. The van der Waals surface area contributed by atoms with E-state index in [0.29, 0.717) is 24.8 Å². The number of aliphatic hydroxyl groups is 1. The topological polar surface area (TPSA) is 116 Å². The number of hydrogen-bond donors (Lipinski definition) is 4. The van der Waals surface area contributed by atoms with Gasteiger partial charge < -0.3 is 20.2 Å². The van der Waals surface area contributed by atoms with Crippen LogP contribution in [0.25, 0.3) is 0 Å². The molecule has 0 saturated heterocycles. The van der Waals surface area contributed by atoms with Crippen molar-refractivity contribution in [3.05, 3.63) is 54.0 Å². The molecule has 4 N–H and O–H groups in total. The van der Waals surface area contributed by atoms with Crippen molar-refractivity contribution >= 4 is 40.0 Å². The van der Waals surface area contributed by atoms with Gasteiger partial charge in [-0.3, -0.25) is 0 Å². The van der Waals surface area contributed by atoms with Crippen LogP contribution in [0.4, 0.5) is 0 Å². The lowest BCUT2D eigenvalue weighted by Crippen LogP contribution is -2.42. The van der Waals surface area contributed by atoms with E-state index in [0.717, 1.165) is 5.76 Å². The highest BCUT2D eigenvalue weighted by Gasteiger charge is 2.26. The predicted molar refractivity (Wildman–Crippen MR) is 124 cm³/mol. The summed E-state index contributed by atoms with van der Waals surface area (Å²) in [6.07, 6.45) is 0. The quantitative estimate of drug-likeness (QED) is 0.169. The number of hydrogen-bond acceptors (Lipinski definition) is 5. The van der Waals surface area contributed by atoms with Crippen molar-refractivity contribution in [2.24, 2.45) is 4.99 Å². The lowest BCUT2D eigenvalue weighted by atomic mass is 10.0. The van der Waals surface area contributed by atoms with E-state index >= 15 is 0 Å². The van der Waals surface area contributed by atoms with E-state index in [2.05, 4.69) is 20.3 Å². The summed E-state index contributed by atoms with van der Waals surface area (Å²) in [5.74, 6) is 1.64. The van der Waals surface area contributed by atoms with Gasteiger partial charge in [0.2, 0.25) is 10.0 Å². The molecule has 0 bridgehead atoms. The molecule has 162 valence electrons. The second-order valence-corrected chi connectivity index (χ2v) is 8.28. The number of sulfonamides is 1. The van der Waals surface area contributed by atoms with Gasteiger partial charge in [0.15, 0.2) is 5.96 Å². The van der Waals surface area contributed by atoms with Gasteiger partial charge in [-0.25, -0.2) is 18.1 Å². The third-order valence-corrected chi connectivity index (χ3v) is 5.40. The van der Waals surface area contributed by atoms with Crippen molar-refractivity contribution in [3.63, 3.8) is 0 Å². The van der Waals surface area contributed by atoms with Gasteiger partial charge in [0.1, 0.15) is 17.1 Å². The minimum absolute atomic E-state index is 0. The largest absolute Gasteiger partial charge is 0.463 e. The molecular formula is C19H29IN4O4S. The average Bonchev–Trinajstić information content (AvgIpc) is 3.11. The van der Waals surface area contributed by atoms with Gasteiger partial charge in [-0.1, -0.05) is 18.2 Å². The van der Waals surface area contributed by atoms with E-state index < -0.39 is 15.6 Å². The Morgan fingerprint density at radius 2 is 1.83 bits per heavy atom. The van der Waals surface area contributed by atoms with Crippen LogP contribution in [0.15, 0.2) is 56.8 Å². The summed E-state index contributed by atoms with van der Waals surface area (Å²) in [6, 6.07) is 11.7. The molecule has 1 aromatic carbocycles. The van der Waals surface area contributed by atoms with Gasteiger partial charge in [0, 0.05) is 19.6 Å². The Morgan fingerprint density at radius 1 is 1.14 bits per heavy atom. The predicted octanol–water partition coefficient (Wildman–Crippen LogP) is 1.95. The van der Waals surface area contributed by atoms with Gasteiger partial charge >= 0.3 is 0 Å². The SMILES string of the molecule is CCNC(=NCC(C)(O)c1ccc(C)o1)NCCNS(=O)(=O)c1ccccc1.I. The molecule has 0 saturated carbocycles. The summed E-state index contributed by atoms with van der Waals surface area (Å²) in [4.78, 5) is 4.59. The van der Waals surface area contributed by atoms with Crippen molar-refractivity contribution < 1.29 is 17.9 Å². The van der Waals surface area contributed by atoms with Crippen LogP contribution in [0.3, 0.4) is 0 Å². The Morgan fingerprint density at radius 3 is 2.41 bits per heavy atom. The summed E-state index contributed by atoms with van der Waals surface area (Å²) in [5, 5.41) is 16.7. The normalized spacial score (nSPS) is 14.0. The smallest absolute Gasteiger partial charge is 0.240 e. The Labute approximate surface area is 189 Å². The standard InChI is InChI=1S/C19H28N4O4S.HI/c1-4-20-18(22-14-19(3,24)17-11-10-15(2)27-17)21-12-13-23-28(25,26)16-8-6-5-7-9-16;/h5-11,23-24H,4,12-14H2,1-3H3,(H2,20,21,22);1H. The highest BCUT2D eigenvalue weighted by Crippen LogP contribution is 2.22. The fourth-order valence-electron chi connectivity index (χ4n) is 2.43. The van der Waals surface area contributed by atoms with Crippen LogP contribution in [0, 0.1) is 6.92 Å². The number of halogens is 1. The van der Waals surface area contributed by atoms with Gasteiger partial charge in [0.25, 0.3) is 0 Å². The number of benzene rings is 1. The third kappa shape index (κ3) is 7.96. The molecule has 1 heterocycles. The molecule has 0 fully saturated rings. The Hall–Kier alpha value is -1.63. The van der Waals surface area contributed by atoms with Crippen LogP contribution >= 0.6 is 24.0 Å². The molecule has 10 heteroatoms. The first-order valence-corrected chi connectivity index (χ1v) is 10.6. The lowest BCUT2D eigenvalue weighted by molar-refractivity contribution is 0.0428. The zero-order valence-corrected chi connectivity index (χ0v) is 20.0. The molecule has 0 radical (unpaired) electrons. The molecule has 0 aliphatic rings. The number of guanidine groups is 1. The van der Waals surface area contributed by atoms with Gasteiger partial charge in [-0.05, 0) is 45.0 Å². The molecular weight excluding hydrogens is 507 g/mol. The van der Waals surface area contributed by atoms with E-state index in [1.807, 2.05) is 13.8 Å². The van der Waals surface area contributed by atoms with E-state index in [4.69, 9.17) is 4.42 Å². The second kappa shape index (κ2) is 11.5. The molecule has 0 amide bonds. The maximum absolute atomic E-state index is 12.2. The third-order valence-electron chi connectivity index (χ3n) is 3.92. The van der Waals surface area contributed by atoms with Crippen molar-refractivity contribution in [2.75, 3.05) is 26.2 Å². The number of nitrogens with zero attached hydrogens (tertiary/aromatic N) is 1. The number of aryl methyl sites for hydroxylation is 1. The second-order valence-electron chi connectivity index (χ2n) is 6.52. The number of rotatable bonds is 9. The van der Waals surface area contributed by atoms with Crippen LogP contribution in [-0.2, 0) is 15.6 Å². The van der Waals surface area contributed by atoms with Gasteiger partial charge in [-0.2, -0.15) is 0 Å². The monoisotopic (exact) mass is 536 g/mol. The fourth-order valence-corrected chi connectivity index (χ4v) is 3.48. The lowest BCUT2D eigenvalue weighted by Gasteiger charge is -2.19. The molecule has 2 aromatic rings. The van der Waals surface area contributed by atoms with Crippen molar-refractivity contribution in [1.29, 1.82) is 0 Å². The maximum Gasteiger partial charge on any atom is 0.240 e. The molecule has 1 aromatic heterocycles. The fraction of sp³-hybridized carbons (Fsp3) is 0.421. The molecule has 0 spiro atoms. The van der Waals surface area contributed by atoms with E-state index in [9.17, 15) is 13.5 Å². The average molecular weight is 536 g/mol. The van der Waals surface area contributed by atoms with Gasteiger partial charge in [-0.15, -0.1) is 24.0 Å². The number of furan rings is 1. The summed E-state index contributed by atoms with van der Waals surface area (Å²) >= 11 is 0. The first kappa shape index (κ1) is 25.4. The number of aliphatic imine (C=N–C) groups is 1. The maximum atomic E-state index is 12.2. The molecule has 0 aliphatic carbocycles. The Kier molecular flexibility index (Phi) is 10.1. The summed E-state index contributed by atoms with van der Waals surface area (Å²) in [6.45, 7) is 6.60. The molecule has 2 rings (SSSR count). The van der Waals surface area contributed by atoms with Crippen molar-refractivity contribution in [3.8, 4) is 0 Å². The summed E-state index contributed by atoms with van der Waals surface area (Å²) in [7, 11) is -3.54. The summed E-state index contributed by atoms with van der Waals surface area (Å²) in [5.41, 5.74) is -1.24. The minimum Gasteiger partial charge on any atom is -0.463 e. The molecule has 0 aliphatic heterocycles.